The van der Waals surface area contributed by atoms with Crippen LogP contribution in [-0.2, 0) is 16.1 Å². The Kier molecular flexibility index (Phi) is 6.16. The minimum absolute atomic E-state index is 0.0242. The number of hydrogen-bond acceptors (Lipinski definition) is 5. The van der Waals surface area contributed by atoms with Gasteiger partial charge in [0.2, 0.25) is 0 Å². The topological polar surface area (TPSA) is 74.6 Å². The quantitative estimate of drug-likeness (QED) is 0.713. The molecule has 0 radical (unpaired) electrons. The molecule has 31 heavy (non-hydrogen) atoms. The zero-order valence-electron chi connectivity index (χ0n) is 17.0. The Morgan fingerprint density at radius 3 is 2.74 bits per heavy atom. The monoisotopic (exact) mass is 427 g/mol. The molecule has 1 amide bonds. The van der Waals surface area contributed by atoms with Gasteiger partial charge in [-0.2, -0.15) is 5.26 Å². The molecule has 4 rings (SSSR count). The second kappa shape index (κ2) is 9.00. The van der Waals surface area contributed by atoms with Gasteiger partial charge < -0.3 is 19.7 Å². The van der Waals surface area contributed by atoms with Gasteiger partial charge in [0.05, 0.1) is 37.0 Å². The highest BCUT2D eigenvalue weighted by atomic mass is 19.1. The smallest absolute Gasteiger partial charge is 0.407 e. The van der Waals surface area contributed by atoms with Crippen molar-refractivity contribution in [3.63, 3.8) is 0 Å². The molecular weight excluding hydrogens is 404 g/mol. The van der Waals surface area contributed by atoms with Crippen molar-refractivity contribution < 1.29 is 23.0 Å². The number of nitriles is 1. The van der Waals surface area contributed by atoms with Crippen LogP contribution in [0.25, 0.3) is 11.1 Å². The number of ether oxygens (including phenoxy) is 2. The summed E-state index contributed by atoms with van der Waals surface area (Å²) in [4.78, 5) is 13.5. The van der Waals surface area contributed by atoms with Crippen LogP contribution in [0.15, 0.2) is 36.4 Å². The Labute approximate surface area is 179 Å². The van der Waals surface area contributed by atoms with Crippen LogP contribution in [-0.4, -0.2) is 49.4 Å². The van der Waals surface area contributed by atoms with Crippen molar-refractivity contribution in [2.24, 2.45) is 0 Å². The minimum atomic E-state index is -0.680. The van der Waals surface area contributed by atoms with E-state index in [-0.39, 0.29) is 29.4 Å². The van der Waals surface area contributed by atoms with E-state index in [1.807, 2.05) is 6.07 Å². The van der Waals surface area contributed by atoms with E-state index >= 15 is 0 Å². The third-order valence-electron chi connectivity index (χ3n) is 5.89. The van der Waals surface area contributed by atoms with Gasteiger partial charge in [-0.05, 0) is 23.8 Å². The van der Waals surface area contributed by atoms with Crippen LogP contribution in [0.3, 0.4) is 0 Å². The molecule has 162 valence electrons. The molecule has 0 saturated carbocycles. The van der Waals surface area contributed by atoms with E-state index in [9.17, 15) is 13.6 Å². The molecule has 2 aliphatic heterocycles. The minimum Gasteiger partial charge on any atom is -0.441 e. The maximum Gasteiger partial charge on any atom is 0.407 e. The summed E-state index contributed by atoms with van der Waals surface area (Å²) >= 11 is 0. The van der Waals surface area contributed by atoms with Gasteiger partial charge in [-0.3, -0.25) is 0 Å². The zero-order chi connectivity index (χ0) is 21.8. The Hall–Kier alpha value is -3.02. The molecule has 8 heteroatoms. The number of alkyl carbamates (subject to hydrolysis) is 1. The summed E-state index contributed by atoms with van der Waals surface area (Å²) < 4.78 is 40.4. The van der Waals surface area contributed by atoms with Crippen LogP contribution in [0.2, 0.25) is 0 Å². The predicted octanol–water partition coefficient (Wildman–Crippen LogP) is 3.59. The maximum atomic E-state index is 15.0. The third-order valence-corrected chi connectivity index (χ3v) is 5.89. The maximum absolute atomic E-state index is 15.0. The van der Waals surface area contributed by atoms with Crippen LogP contribution in [0.5, 0.6) is 0 Å². The van der Waals surface area contributed by atoms with Gasteiger partial charge in [-0.1, -0.05) is 18.2 Å². The van der Waals surface area contributed by atoms with Crippen LogP contribution in [0.4, 0.5) is 13.6 Å². The largest absolute Gasteiger partial charge is 0.441 e. The molecule has 2 aromatic rings. The summed E-state index contributed by atoms with van der Waals surface area (Å²) in [5, 5.41) is 11.8. The number of nitrogens with zero attached hydrogens (tertiary/aromatic N) is 2. The molecule has 2 fully saturated rings. The number of benzene rings is 2. The molecular formula is C23H23F2N3O3. The molecule has 1 N–H and O–H groups in total. The first-order chi connectivity index (χ1) is 15.0. The molecule has 2 aliphatic rings. The average molecular weight is 427 g/mol. The predicted molar refractivity (Wildman–Crippen MR) is 109 cm³/mol. The SMILES string of the molecule is N#Cc1cccc(-c2c(F)ccc(COCCN3CCC4(CC3)CNC(=O)O4)c2F)c1. The van der Waals surface area contributed by atoms with Crippen molar-refractivity contribution >= 4 is 6.09 Å². The molecule has 2 saturated heterocycles. The number of hydrogen-bond donors (Lipinski definition) is 1. The number of carbonyl (C=O) groups excluding carboxylic acids is 1. The van der Waals surface area contributed by atoms with Crippen molar-refractivity contribution in [1.29, 1.82) is 5.26 Å². The van der Waals surface area contributed by atoms with Crippen molar-refractivity contribution in [3.8, 4) is 17.2 Å². The third kappa shape index (κ3) is 4.68. The summed E-state index contributed by atoms with van der Waals surface area (Å²) in [6, 6.07) is 10.8. The molecule has 6 nitrogen and oxygen atoms in total. The summed E-state index contributed by atoms with van der Waals surface area (Å²) in [5.74, 6) is -1.36. The van der Waals surface area contributed by atoms with Crippen LogP contribution < -0.4 is 5.32 Å². The Balaban J connectivity index is 1.31. The van der Waals surface area contributed by atoms with E-state index < -0.39 is 11.6 Å². The Bertz CT molecular complexity index is 1010. The molecule has 0 atom stereocenters. The highest BCUT2D eigenvalue weighted by molar-refractivity contribution is 5.70. The van der Waals surface area contributed by atoms with Crippen LogP contribution in [0.1, 0.15) is 24.0 Å². The number of halogens is 2. The molecule has 0 unspecified atom stereocenters. The number of rotatable bonds is 6. The summed E-state index contributed by atoms with van der Waals surface area (Å²) in [6.45, 7) is 3.25. The molecule has 0 aliphatic carbocycles. The fourth-order valence-electron chi connectivity index (χ4n) is 4.06. The van der Waals surface area contributed by atoms with Crippen molar-refractivity contribution in [3.05, 3.63) is 59.2 Å². The van der Waals surface area contributed by atoms with E-state index in [0.29, 0.717) is 30.8 Å². The van der Waals surface area contributed by atoms with Crippen molar-refractivity contribution in [2.75, 3.05) is 32.8 Å². The molecule has 2 heterocycles. The van der Waals surface area contributed by atoms with Gasteiger partial charge in [0.25, 0.3) is 0 Å². The highest BCUT2D eigenvalue weighted by Crippen LogP contribution is 2.30. The number of piperidine rings is 1. The van der Waals surface area contributed by atoms with Crippen molar-refractivity contribution in [1.82, 2.24) is 10.2 Å². The van der Waals surface area contributed by atoms with E-state index in [0.717, 1.165) is 25.9 Å². The summed E-state index contributed by atoms with van der Waals surface area (Å²) in [5.41, 5.74) is 0.384. The Morgan fingerprint density at radius 2 is 2.03 bits per heavy atom. The van der Waals surface area contributed by atoms with Gasteiger partial charge in [-0.25, -0.2) is 13.6 Å². The lowest BCUT2D eigenvalue weighted by atomic mass is 9.92. The number of carbonyl (C=O) groups is 1. The number of likely N-dealkylation sites (tertiary alicyclic amines) is 1. The first kappa shape index (κ1) is 21.2. The first-order valence-electron chi connectivity index (χ1n) is 10.2. The number of amides is 1. The van der Waals surface area contributed by atoms with Crippen LogP contribution in [0, 0.1) is 23.0 Å². The van der Waals surface area contributed by atoms with E-state index in [4.69, 9.17) is 14.7 Å². The molecule has 1 spiro atoms. The molecule has 0 aromatic heterocycles. The number of nitrogens with one attached hydrogen (secondary N) is 1. The van der Waals surface area contributed by atoms with Crippen molar-refractivity contribution in [2.45, 2.75) is 25.0 Å². The normalized spacial score (nSPS) is 17.9. The second-order valence-corrected chi connectivity index (χ2v) is 7.91. The average Bonchev–Trinajstić information content (AvgIpc) is 3.14. The first-order valence-corrected chi connectivity index (χ1v) is 10.2. The van der Waals surface area contributed by atoms with E-state index in [1.165, 1.54) is 18.2 Å². The lowest BCUT2D eigenvalue weighted by Gasteiger charge is -2.37. The van der Waals surface area contributed by atoms with E-state index in [1.54, 1.807) is 18.2 Å². The van der Waals surface area contributed by atoms with Gasteiger partial charge >= 0.3 is 6.09 Å². The fraction of sp³-hybridized carbons (Fsp3) is 0.391. The second-order valence-electron chi connectivity index (χ2n) is 7.91. The van der Waals surface area contributed by atoms with E-state index in [2.05, 4.69) is 10.2 Å². The van der Waals surface area contributed by atoms with Gasteiger partial charge in [0.1, 0.15) is 17.2 Å². The van der Waals surface area contributed by atoms with Crippen LogP contribution >= 0.6 is 0 Å². The zero-order valence-corrected chi connectivity index (χ0v) is 17.0. The van der Waals surface area contributed by atoms with Gasteiger partial charge in [0, 0.05) is 38.0 Å². The lowest BCUT2D eigenvalue weighted by Crippen LogP contribution is -2.47. The molecule has 0 bridgehead atoms. The summed E-state index contributed by atoms with van der Waals surface area (Å²) in [7, 11) is 0. The van der Waals surface area contributed by atoms with Gasteiger partial charge in [0.15, 0.2) is 0 Å². The summed E-state index contributed by atoms with van der Waals surface area (Å²) in [6.07, 6.45) is 1.18. The lowest BCUT2D eigenvalue weighted by molar-refractivity contribution is -0.00721. The standard InChI is InChI=1S/C23H23F2N3O3/c24-19-5-4-18(21(25)20(19)17-3-1-2-16(12-17)13-26)14-30-11-10-28-8-6-23(7-9-28)15-27-22(29)31-23/h1-5,12H,6-11,14-15H2,(H,27,29). The van der Waals surface area contributed by atoms with Gasteiger partial charge in [-0.15, -0.1) is 0 Å². The molecule has 2 aromatic carbocycles. The fourth-order valence-corrected chi connectivity index (χ4v) is 4.06. The highest BCUT2D eigenvalue weighted by Gasteiger charge is 2.42. The Morgan fingerprint density at radius 1 is 1.23 bits per heavy atom.